The molecule has 1 heterocycles. The number of H-pyrrole nitrogens is 1. The summed E-state index contributed by atoms with van der Waals surface area (Å²) in [5.41, 5.74) is 1.97. The Hall–Kier alpha value is -3.39. The maximum atomic E-state index is 13.1. The highest BCUT2D eigenvalue weighted by atomic mass is 16.5. The Labute approximate surface area is 206 Å². The highest BCUT2D eigenvalue weighted by Crippen LogP contribution is 2.20. The molecule has 1 aromatic carbocycles. The summed E-state index contributed by atoms with van der Waals surface area (Å²) >= 11 is 0. The van der Waals surface area contributed by atoms with Crippen molar-refractivity contribution in [3.8, 4) is 0 Å². The predicted molar refractivity (Wildman–Crippen MR) is 137 cm³/mol. The molecular formula is C27H37N3O5. The third-order valence-electron chi connectivity index (χ3n) is 5.66. The Morgan fingerprint density at radius 3 is 2.66 bits per heavy atom. The molecule has 0 saturated carbocycles. The molecule has 0 bridgehead atoms. The van der Waals surface area contributed by atoms with E-state index in [-0.39, 0.29) is 43.8 Å². The average Bonchev–Trinajstić information content (AvgIpc) is 3.25. The maximum Gasteiger partial charge on any atom is 0.305 e. The number of aromatic nitrogens is 1. The van der Waals surface area contributed by atoms with Crippen LogP contribution in [0, 0.1) is 5.92 Å². The second-order valence-electron chi connectivity index (χ2n) is 8.71. The molecule has 1 aromatic heterocycles. The molecule has 0 aliphatic carbocycles. The fourth-order valence-corrected chi connectivity index (χ4v) is 3.78. The zero-order valence-corrected chi connectivity index (χ0v) is 20.4. The number of carbonyl (C=O) groups is 3. The van der Waals surface area contributed by atoms with Crippen molar-refractivity contribution in [3.63, 3.8) is 0 Å². The van der Waals surface area contributed by atoms with Gasteiger partial charge in [0.1, 0.15) is 6.61 Å². The number of fused-ring (bicyclic) bond motifs is 1. The van der Waals surface area contributed by atoms with Gasteiger partial charge >= 0.3 is 5.97 Å². The molecular weight excluding hydrogens is 446 g/mol. The van der Waals surface area contributed by atoms with Crippen LogP contribution in [-0.2, 0) is 25.5 Å². The summed E-state index contributed by atoms with van der Waals surface area (Å²) in [7, 11) is 0. The number of unbranched alkanes of at least 4 members (excludes halogenated alkanes) is 1. The SMILES string of the molecule is C=CCCCC(=O)OC[C@H](Cc1c[nH]c2ccccc12)NC(=O)[C@@H](CC=C)CC(=O)N[C@H](C)CO. The molecule has 3 atom stereocenters. The van der Waals surface area contributed by atoms with Crippen molar-refractivity contribution >= 4 is 28.7 Å². The van der Waals surface area contributed by atoms with E-state index >= 15 is 0 Å². The van der Waals surface area contributed by atoms with Gasteiger partial charge in [0.25, 0.3) is 0 Å². The van der Waals surface area contributed by atoms with E-state index < -0.39 is 18.0 Å². The Balaban J connectivity index is 2.11. The van der Waals surface area contributed by atoms with Crippen molar-refractivity contribution < 1.29 is 24.2 Å². The smallest absolute Gasteiger partial charge is 0.305 e. The van der Waals surface area contributed by atoms with Crippen LogP contribution in [0.2, 0.25) is 0 Å². The third kappa shape index (κ3) is 9.41. The van der Waals surface area contributed by atoms with Gasteiger partial charge in [-0.1, -0.05) is 30.4 Å². The molecule has 8 nitrogen and oxygen atoms in total. The van der Waals surface area contributed by atoms with Gasteiger partial charge in [-0.25, -0.2) is 0 Å². The first-order chi connectivity index (χ1) is 16.9. The van der Waals surface area contributed by atoms with Gasteiger partial charge in [-0.15, -0.1) is 13.2 Å². The number of ether oxygens (including phenoxy) is 1. The number of nitrogens with one attached hydrogen (secondary N) is 3. The molecule has 35 heavy (non-hydrogen) atoms. The van der Waals surface area contributed by atoms with Crippen LogP contribution in [0.3, 0.4) is 0 Å². The maximum absolute atomic E-state index is 13.1. The predicted octanol–water partition coefficient (Wildman–Crippen LogP) is 3.17. The van der Waals surface area contributed by atoms with Crippen LogP contribution >= 0.6 is 0 Å². The highest BCUT2D eigenvalue weighted by Gasteiger charge is 2.25. The molecule has 8 heteroatoms. The quantitative estimate of drug-likeness (QED) is 0.166. The summed E-state index contributed by atoms with van der Waals surface area (Å²) < 4.78 is 5.48. The number of benzene rings is 1. The number of allylic oxidation sites excluding steroid dienone is 2. The van der Waals surface area contributed by atoms with E-state index in [0.29, 0.717) is 19.3 Å². The number of para-hydroxylation sites is 1. The van der Waals surface area contributed by atoms with Crippen molar-refractivity contribution in [3.05, 3.63) is 61.3 Å². The summed E-state index contributed by atoms with van der Waals surface area (Å²) in [6.45, 7) is 8.87. The number of aliphatic hydroxyl groups excluding tert-OH is 1. The largest absolute Gasteiger partial charge is 0.463 e. The molecule has 0 fully saturated rings. The Bertz CT molecular complexity index is 1000. The van der Waals surface area contributed by atoms with Gasteiger partial charge in [0.15, 0.2) is 0 Å². The summed E-state index contributed by atoms with van der Waals surface area (Å²) in [6, 6.07) is 6.98. The first-order valence-electron chi connectivity index (χ1n) is 12.0. The first-order valence-corrected chi connectivity index (χ1v) is 12.0. The van der Waals surface area contributed by atoms with Crippen LogP contribution < -0.4 is 10.6 Å². The van der Waals surface area contributed by atoms with E-state index in [1.54, 1.807) is 19.1 Å². The lowest BCUT2D eigenvalue weighted by atomic mass is 9.98. The number of aromatic amines is 1. The summed E-state index contributed by atoms with van der Waals surface area (Å²) in [5.74, 6) is -1.60. The molecule has 0 saturated heterocycles. The average molecular weight is 484 g/mol. The van der Waals surface area contributed by atoms with Crippen LogP contribution in [0.5, 0.6) is 0 Å². The van der Waals surface area contributed by atoms with Crippen molar-refractivity contribution in [2.24, 2.45) is 5.92 Å². The van der Waals surface area contributed by atoms with E-state index in [1.165, 1.54) is 0 Å². The second-order valence-corrected chi connectivity index (χ2v) is 8.71. The van der Waals surface area contributed by atoms with Gasteiger partial charge in [0.2, 0.25) is 11.8 Å². The molecule has 4 N–H and O–H groups in total. The topological polar surface area (TPSA) is 121 Å². The third-order valence-corrected chi connectivity index (χ3v) is 5.66. The molecule has 2 rings (SSSR count). The molecule has 0 unspecified atom stereocenters. The monoisotopic (exact) mass is 483 g/mol. The van der Waals surface area contributed by atoms with Crippen molar-refractivity contribution in [2.45, 2.75) is 57.5 Å². The van der Waals surface area contributed by atoms with Gasteiger partial charge in [-0.05, 0) is 44.2 Å². The zero-order chi connectivity index (χ0) is 25.6. The molecule has 0 aliphatic rings. The van der Waals surface area contributed by atoms with E-state index in [1.807, 2.05) is 30.5 Å². The Kier molecular flexibility index (Phi) is 11.8. The number of hydrogen-bond acceptors (Lipinski definition) is 5. The lowest BCUT2D eigenvalue weighted by Crippen LogP contribution is -2.45. The fourth-order valence-electron chi connectivity index (χ4n) is 3.78. The number of carbonyl (C=O) groups excluding carboxylic acids is 3. The minimum atomic E-state index is -0.632. The number of esters is 1. The molecule has 2 amide bonds. The van der Waals surface area contributed by atoms with Crippen LogP contribution in [0.1, 0.15) is 44.6 Å². The number of hydrogen-bond donors (Lipinski definition) is 4. The van der Waals surface area contributed by atoms with Crippen molar-refractivity contribution in [1.29, 1.82) is 0 Å². The van der Waals surface area contributed by atoms with Gasteiger partial charge in [0.05, 0.1) is 18.6 Å². The standard InChI is InChI=1S/C27H37N3O5/c1-4-6-7-13-26(33)35-18-22(14-21-16-28-24-12-9-8-11-23(21)24)30-27(34)20(10-5-2)15-25(32)29-19(3)17-31/h4-5,8-9,11-12,16,19-20,22,28,31H,1-2,6-7,10,13-15,17-18H2,3H3,(H,29,32)(H,30,34)/t19-,20+,22+/m1/s1. The van der Waals surface area contributed by atoms with E-state index in [9.17, 15) is 14.4 Å². The molecule has 0 radical (unpaired) electrons. The van der Waals surface area contributed by atoms with Crippen molar-refractivity contribution in [2.75, 3.05) is 13.2 Å². The first kappa shape index (κ1) is 27.9. The molecule has 0 spiro atoms. The van der Waals surface area contributed by atoms with Gasteiger partial charge in [-0.2, -0.15) is 0 Å². The minimum absolute atomic E-state index is 0.0206. The Morgan fingerprint density at radius 2 is 1.94 bits per heavy atom. The number of amides is 2. The summed E-state index contributed by atoms with van der Waals surface area (Å²) in [5, 5.41) is 15.8. The zero-order valence-electron chi connectivity index (χ0n) is 20.4. The highest BCUT2D eigenvalue weighted by molar-refractivity contribution is 5.86. The van der Waals surface area contributed by atoms with E-state index in [0.717, 1.165) is 22.9 Å². The minimum Gasteiger partial charge on any atom is -0.463 e. The van der Waals surface area contributed by atoms with Crippen LogP contribution in [0.25, 0.3) is 10.9 Å². The van der Waals surface area contributed by atoms with E-state index in [2.05, 4.69) is 28.8 Å². The lowest BCUT2D eigenvalue weighted by molar-refractivity contribution is -0.145. The molecule has 190 valence electrons. The van der Waals surface area contributed by atoms with E-state index in [4.69, 9.17) is 9.84 Å². The van der Waals surface area contributed by atoms with Gasteiger partial charge < -0.3 is 25.5 Å². The second kappa shape index (κ2) is 14.8. The van der Waals surface area contributed by atoms with Gasteiger partial charge in [-0.3, -0.25) is 14.4 Å². The molecule has 0 aliphatic heterocycles. The van der Waals surface area contributed by atoms with Crippen molar-refractivity contribution in [1.82, 2.24) is 15.6 Å². The fraction of sp³-hybridized carbons (Fsp3) is 0.444. The lowest BCUT2D eigenvalue weighted by Gasteiger charge is -2.22. The Morgan fingerprint density at radius 1 is 1.17 bits per heavy atom. The van der Waals surface area contributed by atoms with Crippen LogP contribution in [0.15, 0.2) is 55.8 Å². The van der Waals surface area contributed by atoms with Gasteiger partial charge in [0, 0.05) is 36.0 Å². The summed E-state index contributed by atoms with van der Waals surface area (Å²) in [6.07, 6.45) is 7.63. The van der Waals surface area contributed by atoms with Crippen LogP contribution in [0.4, 0.5) is 0 Å². The van der Waals surface area contributed by atoms with Crippen LogP contribution in [-0.4, -0.2) is 53.2 Å². The summed E-state index contributed by atoms with van der Waals surface area (Å²) in [4.78, 5) is 40.8. The number of aliphatic hydroxyl groups is 1. The molecule has 2 aromatic rings. The number of rotatable bonds is 16. The normalized spacial score (nSPS) is 13.4.